The van der Waals surface area contributed by atoms with Gasteiger partial charge in [-0.2, -0.15) is 5.10 Å². The molecule has 0 bridgehead atoms. The van der Waals surface area contributed by atoms with E-state index in [0.29, 0.717) is 6.42 Å². The molecule has 4 nitrogen and oxygen atoms in total. The average Bonchev–Trinajstić information content (AvgIpc) is 2.69. The molecule has 0 radical (unpaired) electrons. The Labute approximate surface area is 149 Å². The van der Waals surface area contributed by atoms with Crippen molar-refractivity contribution in [2.75, 3.05) is 0 Å². The number of carbonyl (C=O) groups excluding carboxylic acids is 1. The number of hydrogen-bond acceptors (Lipinski definition) is 3. The van der Waals surface area contributed by atoms with Crippen LogP contribution in [0.15, 0.2) is 61.0 Å². The van der Waals surface area contributed by atoms with Crippen molar-refractivity contribution in [3.05, 3.63) is 78.1 Å². The van der Waals surface area contributed by atoms with Gasteiger partial charge in [0.05, 0.1) is 5.71 Å². The summed E-state index contributed by atoms with van der Waals surface area (Å²) in [6.45, 7) is 11.8. The van der Waals surface area contributed by atoms with Gasteiger partial charge in [0.1, 0.15) is 0 Å². The highest BCUT2D eigenvalue weighted by Crippen LogP contribution is 2.30. The minimum absolute atomic E-state index is 0.0874. The molecular formula is C21H23N3O. The number of aromatic nitrogens is 1. The van der Waals surface area contributed by atoms with Crippen LogP contribution in [-0.2, 0) is 4.79 Å². The first-order chi connectivity index (χ1) is 12.2. The van der Waals surface area contributed by atoms with Crippen LogP contribution in [0.2, 0.25) is 0 Å². The Morgan fingerprint density at radius 3 is 2.48 bits per heavy atom. The fraction of sp³-hybridized carbons (Fsp3) is 0.190. The zero-order valence-corrected chi connectivity index (χ0v) is 14.7. The van der Waals surface area contributed by atoms with E-state index in [1.54, 1.807) is 24.5 Å². The zero-order valence-electron chi connectivity index (χ0n) is 14.7. The fourth-order valence-corrected chi connectivity index (χ4v) is 2.86. The molecule has 1 aliphatic rings. The van der Waals surface area contributed by atoms with Gasteiger partial charge in [-0.15, -0.1) is 0 Å². The lowest BCUT2D eigenvalue weighted by Crippen LogP contribution is -2.32. The standard InChI is InChI=1S/C19H17N3O.C2H6/c1-3-13-6-5-7-16(15(13)4-2)19-17(12-18(23)21-22-19)14-8-10-20-11-9-14;1-2/h3-11,17H,1-2,12H2,(H,21,23);1-2H3. The normalized spacial score (nSPS) is 16.0. The summed E-state index contributed by atoms with van der Waals surface area (Å²) in [6, 6.07) is 9.78. The van der Waals surface area contributed by atoms with E-state index in [1.807, 2.05) is 44.2 Å². The van der Waals surface area contributed by atoms with E-state index >= 15 is 0 Å². The Bertz CT molecular complexity index is 794. The topological polar surface area (TPSA) is 54.4 Å². The molecule has 1 aromatic heterocycles. The molecule has 1 amide bonds. The summed E-state index contributed by atoms with van der Waals surface area (Å²) in [5.74, 6) is -0.193. The third-order valence-corrected chi connectivity index (χ3v) is 3.97. The van der Waals surface area contributed by atoms with E-state index in [4.69, 9.17) is 0 Å². The fourth-order valence-electron chi connectivity index (χ4n) is 2.86. The number of carbonyl (C=O) groups is 1. The molecule has 3 rings (SSSR count). The first-order valence-corrected chi connectivity index (χ1v) is 8.39. The van der Waals surface area contributed by atoms with Crippen molar-refractivity contribution in [3.63, 3.8) is 0 Å². The Hall–Kier alpha value is -3.01. The van der Waals surface area contributed by atoms with Gasteiger partial charge in [0, 0.05) is 30.3 Å². The molecule has 128 valence electrons. The minimum atomic E-state index is -0.106. The smallest absolute Gasteiger partial charge is 0.241 e. The van der Waals surface area contributed by atoms with Crippen molar-refractivity contribution in [3.8, 4) is 0 Å². The molecule has 0 saturated carbocycles. The molecular weight excluding hydrogens is 310 g/mol. The molecule has 1 aliphatic heterocycles. The highest BCUT2D eigenvalue weighted by Gasteiger charge is 2.28. The summed E-state index contributed by atoms with van der Waals surface area (Å²) in [7, 11) is 0. The third-order valence-electron chi connectivity index (χ3n) is 3.97. The van der Waals surface area contributed by atoms with Crippen LogP contribution in [0.4, 0.5) is 0 Å². The Morgan fingerprint density at radius 1 is 1.12 bits per heavy atom. The Morgan fingerprint density at radius 2 is 1.84 bits per heavy atom. The largest absolute Gasteiger partial charge is 0.273 e. The number of hydrogen-bond donors (Lipinski definition) is 1. The van der Waals surface area contributed by atoms with Gasteiger partial charge in [-0.25, -0.2) is 5.43 Å². The van der Waals surface area contributed by atoms with E-state index in [1.165, 1.54) is 0 Å². The highest BCUT2D eigenvalue weighted by atomic mass is 16.2. The summed E-state index contributed by atoms with van der Waals surface area (Å²) >= 11 is 0. The van der Waals surface area contributed by atoms with E-state index < -0.39 is 0 Å². The number of hydrazone groups is 1. The maximum atomic E-state index is 11.8. The van der Waals surface area contributed by atoms with Crippen molar-refractivity contribution < 1.29 is 4.79 Å². The van der Waals surface area contributed by atoms with Crippen molar-refractivity contribution >= 4 is 23.8 Å². The molecule has 0 spiro atoms. The maximum absolute atomic E-state index is 11.8. The third kappa shape index (κ3) is 3.91. The van der Waals surface area contributed by atoms with Crippen molar-refractivity contribution in [1.29, 1.82) is 0 Å². The van der Waals surface area contributed by atoms with E-state index in [2.05, 4.69) is 28.7 Å². The van der Waals surface area contributed by atoms with E-state index in [9.17, 15) is 4.79 Å². The lowest BCUT2D eigenvalue weighted by atomic mass is 9.84. The molecule has 1 unspecified atom stereocenters. The number of rotatable bonds is 4. The summed E-state index contributed by atoms with van der Waals surface area (Å²) in [6.07, 6.45) is 7.42. The van der Waals surface area contributed by atoms with Gasteiger partial charge >= 0.3 is 0 Å². The maximum Gasteiger partial charge on any atom is 0.241 e. The van der Waals surface area contributed by atoms with E-state index in [-0.39, 0.29) is 11.8 Å². The Kier molecular flexibility index (Phi) is 6.40. The van der Waals surface area contributed by atoms with Crippen LogP contribution in [0.1, 0.15) is 48.4 Å². The first kappa shape index (κ1) is 18.3. The first-order valence-electron chi connectivity index (χ1n) is 8.39. The molecule has 1 aromatic carbocycles. The van der Waals surface area contributed by atoms with Crippen molar-refractivity contribution in [1.82, 2.24) is 10.4 Å². The molecule has 1 N–H and O–H groups in total. The number of benzene rings is 1. The summed E-state index contributed by atoms with van der Waals surface area (Å²) in [5.41, 5.74) is 7.36. The lowest BCUT2D eigenvalue weighted by molar-refractivity contribution is -0.121. The van der Waals surface area contributed by atoms with Gasteiger partial charge in [-0.3, -0.25) is 9.78 Å². The van der Waals surface area contributed by atoms with Crippen LogP contribution in [-0.4, -0.2) is 16.6 Å². The predicted molar refractivity (Wildman–Crippen MR) is 104 cm³/mol. The number of nitrogens with one attached hydrogen (secondary N) is 1. The van der Waals surface area contributed by atoms with Crippen LogP contribution in [0.25, 0.3) is 12.2 Å². The van der Waals surface area contributed by atoms with E-state index in [0.717, 1.165) is 28.0 Å². The van der Waals surface area contributed by atoms with Crippen molar-refractivity contribution in [2.24, 2.45) is 5.10 Å². The molecule has 1 atom stereocenters. The molecule has 0 aliphatic carbocycles. The predicted octanol–water partition coefficient (Wildman–Crippen LogP) is 4.40. The minimum Gasteiger partial charge on any atom is -0.273 e. The molecule has 25 heavy (non-hydrogen) atoms. The molecule has 4 heteroatoms. The Balaban J connectivity index is 0.00000109. The van der Waals surface area contributed by atoms with Crippen LogP contribution in [0, 0.1) is 0 Å². The van der Waals surface area contributed by atoms with Crippen LogP contribution in [0.3, 0.4) is 0 Å². The van der Waals surface area contributed by atoms with Gasteiger partial charge in [0.15, 0.2) is 0 Å². The van der Waals surface area contributed by atoms with Gasteiger partial charge in [0.2, 0.25) is 5.91 Å². The number of amides is 1. The monoisotopic (exact) mass is 333 g/mol. The van der Waals surface area contributed by atoms with Gasteiger partial charge < -0.3 is 0 Å². The van der Waals surface area contributed by atoms with Gasteiger partial charge in [0.25, 0.3) is 0 Å². The van der Waals surface area contributed by atoms with Crippen LogP contribution < -0.4 is 5.43 Å². The average molecular weight is 333 g/mol. The second kappa shape index (κ2) is 8.73. The molecule has 0 fully saturated rings. The zero-order chi connectivity index (χ0) is 18.2. The number of nitrogens with zero attached hydrogens (tertiary/aromatic N) is 2. The van der Waals surface area contributed by atoms with Crippen molar-refractivity contribution in [2.45, 2.75) is 26.2 Å². The highest BCUT2D eigenvalue weighted by molar-refractivity contribution is 6.11. The van der Waals surface area contributed by atoms with Crippen LogP contribution >= 0.6 is 0 Å². The quantitative estimate of drug-likeness (QED) is 0.901. The van der Waals surface area contributed by atoms with Gasteiger partial charge in [-0.05, 0) is 28.8 Å². The molecule has 2 aromatic rings. The van der Waals surface area contributed by atoms with Gasteiger partial charge in [-0.1, -0.05) is 57.4 Å². The second-order valence-electron chi connectivity index (χ2n) is 5.29. The summed E-state index contributed by atoms with van der Waals surface area (Å²) in [5, 5.41) is 4.34. The molecule has 2 heterocycles. The van der Waals surface area contributed by atoms with Crippen LogP contribution in [0.5, 0.6) is 0 Å². The molecule has 0 saturated heterocycles. The number of pyridine rings is 1. The SMILES string of the molecule is C=Cc1cccc(C2=NNC(=O)CC2c2ccncc2)c1C=C.CC. The summed E-state index contributed by atoms with van der Waals surface area (Å²) < 4.78 is 0. The summed E-state index contributed by atoms with van der Waals surface area (Å²) in [4.78, 5) is 15.9. The lowest BCUT2D eigenvalue weighted by Gasteiger charge is -2.24. The second-order valence-corrected chi connectivity index (χ2v) is 5.29.